The molecule has 1 unspecified atom stereocenters. The van der Waals surface area contributed by atoms with Crippen LogP contribution in [-0.2, 0) is 4.79 Å². The molecule has 24 heavy (non-hydrogen) atoms. The number of carbonyl (C=O) groups excluding carboxylic acids is 1. The number of hydrogen-bond donors (Lipinski definition) is 1. The number of nitrogens with one attached hydrogen (secondary N) is 1. The molecule has 0 spiro atoms. The Bertz CT molecular complexity index is 661. The van der Waals surface area contributed by atoms with Crippen molar-refractivity contribution in [1.82, 2.24) is 4.90 Å². The molecular weight excluding hydrogens is 298 g/mol. The Labute approximate surface area is 144 Å². The zero-order valence-electron chi connectivity index (χ0n) is 14.4. The molecule has 4 heteroatoms. The predicted octanol–water partition coefficient (Wildman–Crippen LogP) is 3.53. The summed E-state index contributed by atoms with van der Waals surface area (Å²) in [4.78, 5) is 17.1. The number of benzene rings is 2. The largest absolute Gasteiger partial charge is 0.372 e. The van der Waals surface area contributed by atoms with Crippen molar-refractivity contribution in [3.63, 3.8) is 0 Å². The van der Waals surface area contributed by atoms with Gasteiger partial charge in [-0.2, -0.15) is 0 Å². The SMILES string of the molecule is CN(C)C(C(=O)Nc1ccc(N2CCCC2)cc1)c1ccccc1. The van der Waals surface area contributed by atoms with E-state index in [9.17, 15) is 4.79 Å². The summed E-state index contributed by atoms with van der Waals surface area (Å²) < 4.78 is 0. The number of hydrogen-bond acceptors (Lipinski definition) is 3. The lowest BCUT2D eigenvalue weighted by molar-refractivity contribution is -0.120. The van der Waals surface area contributed by atoms with Gasteiger partial charge in [0.15, 0.2) is 0 Å². The maximum Gasteiger partial charge on any atom is 0.246 e. The van der Waals surface area contributed by atoms with Gasteiger partial charge >= 0.3 is 0 Å². The average Bonchev–Trinajstić information content (AvgIpc) is 3.11. The molecule has 1 amide bonds. The fraction of sp³-hybridized carbons (Fsp3) is 0.350. The molecule has 1 atom stereocenters. The van der Waals surface area contributed by atoms with Gasteiger partial charge in [-0.15, -0.1) is 0 Å². The molecule has 1 fully saturated rings. The standard InChI is InChI=1S/C20H25N3O/c1-22(2)19(16-8-4-3-5-9-16)20(24)21-17-10-12-18(13-11-17)23-14-6-7-15-23/h3-5,8-13,19H,6-7,14-15H2,1-2H3,(H,21,24). The third-order valence-corrected chi connectivity index (χ3v) is 4.49. The van der Waals surface area contributed by atoms with Gasteiger partial charge < -0.3 is 10.2 Å². The molecule has 4 nitrogen and oxygen atoms in total. The highest BCUT2D eigenvalue weighted by atomic mass is 16.2. The van der Waals surface area contributed by atoms with Crippen molar-refractivity contribution in [1.29, 1.82) is 0 Å². The minimum atomic E-state index is -0.301. The van der Waals surface area contributed by atoms with Gasteiger partial charge in [0.25, 0.3) is 0 Å². The van der Waals surface area contributed by atoms with E-state index in [1.807, 2.05) is 61.5 Å². The number of anilines is 2. The molecule has 0 radical (unpaired) electrons. The highest BCUT2D eigenvalue weighted by Gasteiger charge is 2.22. The molecule has 0 aromatic heterocycles. The van der Waals surface area contributed by atoms with Gasteiger partial charge in [0.1, 0.15) is 6.04 Å². The molecule has 2 aromatic rings. The van der Waals surface area contributed by atoms with E-state index >= 15 is 0 Å². The fourth-order valence-electron chi connectivity index (χ4n) is 3.26. The third kappa shape index (κ3) is 3.77. The van der Waals surface area contributed by atoms with Crippen LogP contribution in [-0.4, -0.2) is 38.0 Å². The van der Waals surface area contributed by atoms with E-state index in [4.69, 9.17) is 0 Å². The van der Waals surface area contributed by atoms with E-state index < -0.39 is 0 Å². The maximum absolute atomic E-state index is 12.7. The quantitative estimate of drug-likeness (QED) is 0.914. The summed E-state index contributed by atoms with van der Waals surface area (Å²) in [6.45, 7) is 2.25. The van der Waals surface area contributed by atoms with Crippen LogP contribution in [0.1, 0.15) is 24.4 Å². The van der Waals surface area contributed by atoms with E-state index in [1.54, 1.807) is 0 Å². The van der Waals surface area contributed by atoms with Crippen molar-refractivity contribution in [2.24, 2.45) is 0 Å². The van der Waals surface area contributed by atoms with Gasteiger partial charge in [-0.3, -0.25) is 9.69 Å². The lowest BCUT2D eigenvalue weighted by Gasteiger charge is -2.24. The summed E-state index contributed by atoms with van der Waals surface area (Å²) in [7, 11) is 3.85. The molecule has 1 aliphatic rings. The van der Waals surface area contributed by atoms with E-state index in [0.29, 0.717) is 0 Å². The monoisotopic (exact) mass is 323 g/mol. The van der Waals surface area contributed by atoms with Crippen molar-refractivity contribution in [2.45, 2.75) is 18.9 Å². The number of carbonyl (C=O) groups is 1. The van der Waals surface area contributed by atoms with E-state index in [-0.39, 0.29) is 11.9 Å². The van der Waals surface area contributed by atoms with E-state index in [0.717, 1.165) is 24.3 Å². The highest BCUT2D eigenvalue weighted by molar-refractivity contribution is 5.95. The Morgan fingerprint density at radius 1 is 1.00 bits per heavy atom. The second-order valence-corrected chi connectivity index (χ2v) is 6.51. The molecule has 126 valence electrons. The Balaban J connectivity index is 1.70. The Morgan fingerprint density at radius 2 is 1.62 bits per heavy atom. The topological polar surface area (TPSA) is 35.6 Å². The van der Waals surface area contributed by atoms with Crippen molar-refractivity contribution < 1.29 is 4.79 Å². The van der Waals surface area contributed by atoms with Crippen LogP contribution in [0.4, 0.5) is 11.4 Å². The van der Waals surface area contributed by atoms with Gasteiger partial charge in [-0.25, -0.2) is 0 Å². The minimum Gasteiger partial charge on any atom is -0.372 e. The summed E-state index contributed by atoms with van der Waals surface area (Å²) in [5, 5.41) is 3.04. The highest BCUT2D eigenvalue weighted by Crippen LogP contribution is 2.24. The normalized spacial score (nSPS) is 15.5. The van der Waals surface area contributed by atoms with Crippen LogP contribution < -0.4 is 10.2 Å². The van der Waals surface area contributed by atoms with Crippen LogP contribution in [0.15, 0.2) is 54.6 Å². The third-order valence-electron chi connectivity index (χ3n) is 4.49. The van der Waals surface area contributed by atoms with Crippen LogP contribution in [0, 0.1) is 0 Å². The molecule has 1 heterocycles. The number of nitrogens with zero attached hydrogens (tertiary/aromatic N) is 2. The van der Waals surface area contributed by atoms with Crippen molar-refractivity contribution >= 4 is 17.3 Å². The van der Waals surface area contributed by atoms with Crippen molar-refractivity contribution in [3.8, 4) is 0 Å². The summed E-state index contributed by atoms with van der Waals surface area (Å²) in [5.41, 5.74) is 3.07. The second-order valence-electron chi connectivity index (χ2n) is 6.51. The number of rotatable bonds is 5. The van der Waals surface area contributed by atoms with Gasteiger partial charge in [-0.05, 0) is 56.8 Å². The lowest BCUT2D eigenvalue weighted by Crippen LogP contribution is -2.32. The Kier molecular flexibility index (Phi) is 5.16. The first-order valence-electron chi connectivity index (χ1n) is 8.52. The molecule has 2 aromatic carbocycles. The van der Waals surface area contributed by atoms with Crippen LogP contribution in [0.2, 0.25) is 0 Å². The molecule has 1 aliphatic heterocycles. The van der Waals surface area contributed by atoms with Crippen molar-refractivity contribution in [2.75, 3.05) is 37.4 Å². The van der Waals surface area contributed by atoms with Crippen LogP contribution >= 0.6 is 0 Å². The maximum atomic E-state index is 12.7. The zero-order valence-corrected chi connectivity index (χ0v) is 14.4. The molecule has 1 N–H and O–H groups in total. The van der Waals surface area contributed by atoms with Crippen LogP contribution in [0.25, 0.3) is 0 Å². The Morgan fingerprint density at radius 3 is 2.21 bits per heavy atom. The Hall–Kier alpha value is -2.33. The second kappa shape index (κ2) is 7.49. The van der Waals surface area contributed by atoms with Gasteiger partial charge in [-0.1, -0.05) is 30.3 Å². The van der Waals surface area contributed by atoms with Crippen LogP contribution in [0.3, 0.4) is 0 Å². The van der Waals surface area contributed by atoms with Gasteiger partial charge in [0, 0.05) is 24.5 Å². The van der Waals surface area contributed by atoms with Crippen molar-refractivity contribution in [3.05, 3.63) is 60.2 Å². The summed E-state index contributed by atoms with van der Waals surface area (Å²) in [6.07, 6.45) is 2.53. The lowest BCUT2D eigenvalue weighted by atomic mass is 10.1. The zero-order chi connectivity index (χ0) is 16.9. The molecule has 0 bridgehead atoms. The smallest absolute Gasteiger partial charge is 0.246 e. The molecule has 3 rings (SSSR count). The molecular formula is C20H25N3O. The summed E-state index contributed by atoms with van der Waals surface area (Å²) in [5.74, 6) is -0.0138. The van der Waals surface area contributed by atoms with Gasteiger partial charge in [0.05, 0.1) is 0 Å². The average molecular weight is 323 g/mol. The van der Waals surface area contributed by atoms with Crippen LogP contribution in [0.5, 0.6) is 0 Å². The first-order chi connectivity index (χ1) is 11.6. The molecule has 0 aliphatic carbocycles. The molecule has 1 saturated heterocycles. The number of likely N-dealkylation sites (N-methyl/N-ethyl adjacent to an activating group) is 1. The summed E-state index contributed by atoms with van der Waals surface area (Å²) >= 11 is 0. The summed E-state index contributed by atoms with van der Waals surface area (Å²) in [6, 6.07) is 17.7. The fourth-order valence-corrected chi connectivity index (χ4v) is 3.26. The van der Waals surface area contributed by atoms with E-state index in [2.05, 4.69) is 22.3 Å². The molecule has 0 saturated carbocycles. The van der Waals surface area contributed by atoms with Gasteiger partial charge in [0.2, 0.25) is 5.91 Å². The first-order valence-corrected chi connectivity index (χ1v) is 8.52. The van der Waals surface area contributed by atoms with E-state index in [1.165, 1.54) is 18.5 Å². The predicted molar refractivity (Wildman–Crippen MR) is 99.4 cm³/mol. The number of amides is 1. The minimum absolute atomic E-state index is 0.0138. The first kappa shape index (κ1) is 16.5.